The molecular weight excluding hydrogens is 142 g/mol. The third kappa shape index (κ3) is 2.19. The van der Waals surface area contributed by atoms with E-state index >= 15 is 0 Å². The molecule has 0 amide bonds. The van der Waals surface area contributed by atoms with Crippen molar-refractivity contribution in [2.24, 2.45) is 0 Å². The van der Waals surface area contributed by atoms with E-state index in [-0.39, 0.29) is 0 Å². The molecule has 1 aliphatic rings. The van der Waals surface area contributed by atoms with Crippen molar-refractivity contribution < 1.29 is 10.2 Å². The number of terminal acetylenes is 1. The summed E-state index contributed by atoms with van der Waals surface area (Å²) in [7, 11) is 0. The van der Waals surface area contributed by atoms with E-state index in [0.717, 1.165) is 6.54 Å². The largest absolute Gasteiger partial charge is 0.389 e. The highest BCUT2D eigenvalue weighted by atomic mass is 16.3. The van der Waals surface area contributed by atoms with Gasteiger partial charge >= 0.3 is 0 Å². The summed E-state index contributed by atoms with van der Waals surface area (Å²) in [6.45, 7) is 1.86. The molecule has 3 heteroatoms. The van der Waals surface area contributed by atoms with Crippen molar-refractivity contribution in [3.8, 4) is 12.3 Å². The average Bonchev–Trinajstić information content (AvgIpc) is 2.28. The number of aliphatic hydroxyl groups excluding tert-OH is 2. The van der Waals surface area contributed by atoms with Gasteiger partial charge in [0.1, 0.15) is 0 Å². The van der Waals surface area contributed by atoms with Crippen LogP contribution in [0.25, 0.3) is 0 Å². The molecular formula is C8H13NO2. The normalized spacial score (nSPS) is 32.1. The molecule has 2 N–H and O–H groups in total. The summed E-state index contributed by atoms with van der Waals surface area (Å²) in [5.74, 6) is 2.52. The fourth-order valence-corrected chi connectivity index (χ4v) is 1.25. The van der Waals surface area contributed by atoms with Gasteiger partial charge in [-0.25, -0.2) is 0 Å². The molecule has 1 saturated heterocycles. The zero-order valence-corrected chi connectivity index (χ0v) is 6.40. The summed E-state index contributed by atoms with van der Waals surface area (Å²) in [6, 6.07) is 0. The summed E-state index contributed by atoms with van der Waals surface area (Å²) in [4.78, 5) is 1.97. The minimum Gasteiger partial charge on any atom is -0.389 e. The Bertz CT molecular complexity index is 154. The van der Waals surface area contributed by atoms with Crippen molar-refractivity contribution in [3.63, 3.8) is 0 Å². The van der Waals surface area contributed by atoms with Crippen LogP contribution in [-0.2, 0) is 0 Å². The summed E-state index contributed by atoms with van der Waals surface area (Å²) in [5.41, 5.74) is 0. The Balaban J connectivity index is 2.25. The van der Waals surface area contributed by atoms with E-state index in [1.807, 2.05) is 4.90 Å². The van der Waals surface area contributed by atoms with Crippen molar-refractivity contribution in [1.29, 1.82) is 0 Å². The lowest BCUT2D eigenvalue weighted by atomic mass is 10.3. The van der Waals surface area contributed by atoms with Crippen LogP contribution in [0.4, 0.5) is 0 Å². The Morgan fingerprint density at radius 2 is 1.91 bits per heavy atom. The van der Waals surface area contributed by atoms with Crippen LogP contribution in [0.15, 0.2) is 0 Å². The first-order valence-electron chi connectivity index (χ1n) is 3.76. The van der Waals surface area contributed by atoms with Gasteiger partial charge in [-0.1, -0.05) is 0 Å². The second-order valence-corrected chi connectivity index (χ2v) is 2.85. The number of hydrogen-bond donors (Lipinski definition) is 2. The summed E-state index contributed by atoms with van der Waals surface area (Å²) < 4.78 is 0. The van der Waals surface area contributed by atoms with Crippen LogP contribution in [0, 0.1) is 12.3 Å². The van der Waals surface area contributed by atoms with Gasteiger partial charge < -0.3 is 10.2 Å². The van der Waals surface area contributed by atoms with Crippen LogP contribution in [0.3, 0.4) is 0 Å². The van der Waals surface area contributed by atoms with Gasteiger partial charge in [0.2, 0.25) is 0 Å². The van der Waals surface area contributed by atoms with Crippen LogP contribution >= 0.6 is 0 Å². The van der Waals surface area contributed by atoms with Crippen molar-refractivity contribution in [1.82, 2.24) is 4.90 Å². The van der Waals surface area contributed by atoms with Crippen LogP contribution in [0.1, 0.15) is 6.42 Å². The second kappa shape index (κ2) is 3.72. The highest BCUT2D eigenvalue weighted by Crippen LogP contribution is 2.09. The van der Waals surface area contributed by atoms with E-state index in [4.69, 9.17) is 16.6 Å². The molecule has 0 aromatic carbocycles. The van der Waals surface area contributed by atoms with Gasteiger partial charge in [0.05, 0.1) is 12.2 Å². The number of β-amino-alcohol motifs (C(OH)–C–C–N with tert-alkyl or cyclic N) is 2. The number of likely N-dealkylation sites (tertiary alicyclic amines) is 1. The molecule has 1 heterocycles. The summed E-state index contributed by atoms with van der Waals surface area (Å²) >= 11 is 0. The molecule has 2 atom stereocenters. The first-order valence-corrected chi connectivity index (χ1v) is 3.76. The smallest absolute Gasteiger partial charge is 0.0938 e. The minimum absolute atomic E-state index is 0.544. The van der Waals surface area contributed by atoms with Crippen LogP contribution in [-0.4, -0.2) is 47.0 Å². The predicted molar refractivity (Wildman–Crippen MR) is 41.9 cm³/mol. The lowest BCUT2D eigenvalue weighted by Crippen LogP contribution is -2.22. The van der Waals surface area contributed by atoms with Crippen molar-refractivity contribution in [2.45, 2.75) is 18.6 Å². The lowest BCUT2D eigenvalue weighted by molar-refractivity contribution is 0.0572. The number of hydrogen-bond acceptors (Lipinski definition) is 3. The molecule has 0 saturated carbocycles. The number of aliphatic hydroxyl groups is 2. The number of nitrogens with zero attached hydrogens (tertiary/aromatic N) is 1. The zero-order chi connectivity index (χ0) is 8.27. The summed E-state index contributed by atoms with van der Waals surface area (Å²) in [6.07, 6.45) is 4.57. The van der Waals surface area contributed by atoms with E-state index in [1.165, 1.54) is 0 Å². The topological polar surface area (TPSA) is 43.7 Å². The van der Waals surface area contributed by atoms with Crippen LogP contribution < -0.4 is 0 Å². The zero-order valence-electron chi connectivity index (χ0n) is 6.40. The number of rotatable bonds is 2. The molecule has 0 aromatic rings. The van der Waals surface area contributed by atoms with Gasteiger partial charge in [-0.05, 0) is 0 Å². The Labute approximate surface area is 66.6 Å². The Hall–Kier alpha value is -0.560. The van der Waals surface area contributed by atoms with E-state index < -0.39 is 12.2 Å². The van der Waals surface area contributed by atoms with Crippen molar-refractivity contribution >= 4 is 0 Å². The average molecular weight is 155 g/mol. The van der Waals surface area contributed by atoms with E-state index in [1.54, 1.807) is 0 Å². The Kier molecular flexibility index (Phi) is 2.89. The molecule has 1 aliphatic heterocycles. The first kappa shape index (κ1) is 8.54. The minimum atomic E-state index is -0.590. The third-order valence-electron chi connectivity index (χ3n) is 1.91. The maximum absolute atomic E-state index is 9.12. The molecule has 0 aromatic heterocycles. The molecule has 1 rings (SSSR count). The third-order valence-corrected chi connectivity index (χ3v) is 1.91. The molecule has 0 aliphatic carbocycles. The van der Waals surface area contributed by atoms with Gasteiger partial charge in [-0.15, -0.1) is 12.3 Å². The molecule has 0 radical (unpaired) electrons. The highest BCUT2D eigenvalue weighted by Gasteiger charge is 2.28. The van der Waals surface area contributed by atoms with Gasteiger partial charge in [-0.3, -0.25) is 4.90 Å². The maximum Gasteiger partial charge on any atom is 0.0938 e. The van der Waals surface area contributed by atoms with Gasteiger partial charge in [0.15, 0.2) is 0 Å². The van der Waals surface area contributed by atoms with Crippen molar-refractivity contribution in [2.75, 3.05) is 19.6 Å². The van der Waals surface area contributed by atoms with Crippen LogP contribution in [0.2, 0.25) is 0 Å². The maximum atomic E-state index is 9.12. The van der Waals surface area contributed by atoms with Gasteiger partial charge in [0, 0.05) is 26.1 Å². The molecule has 62 valence electrons. The Morgan fingerprint density at radius 3 is 2.36 bits per heavy atom. The monoisotopic (exact) mass is 155 g/mol. The second-order valence-electron chi connectivity index (χ2n) is 2.85. The van der Waals surface area contributed by atoms with Gasteiger partial charge in [-0.2, -0.15) is 0 Å². The predicted octanol–water partition coefficient (Wildman–Crippen LogP) is -0.953. The van der Waals surface area contributed by atoms with Crippen LogP contribution in [0.5, 0.6) is 0 Å². The molecule has 1 fully saturated rings. The molecule has 0 spiro atoms. The fraction of sp³-hybridized carbons (Fsp3) is 0.750. The molecule has 11 heavy (non-hydrogen) atoms. The Morgan fingerprint density at radius 1 is 1.36 bits per heavy atom. The highest BCUT2D eigenvalue weighted by molar-refractivity contribution is 4.88. The first-order chi connectivity index (χ1) is 5.24. The molecule has 0 unspecified atom stereocenters. The van der Waals surface area contributed by atoms with E-state index in [2.05, 4.69) is 5.92 Å². The van der Waals surface area contributed by atoms with E-state index in [0.29, 0.717) is 19.5 Å². The van der Waals surface area contributed by atoms with Gasteiger partial charge in [0.25, 0.3) is 0 Å². The summed E-state index contributed by atoms with van der Waals surface area (Å²) in [5, 5.41) is 18.2. The standard InChI is InChI=1S/C8H13NO2/c1-2-3-4-9-5-7(10)8(11)6-9/h1,7-8,10-11H,3-6H2/t7-,8-/m0/s1. The fourth-order valence-electron chi connectivity index (χ4n) is 1.25. The molecule has 3 nitrogen and oxygen atoms in total. The SMILES string of the molecule is C#CCCN1C[C@H](O)[C@@H](O)C1. The van der Waals surface area contributed by atoms with Crippen molar-refractivity contribution in [3.05, 3.63) is 0 Å². The quantitative estimate of drug-likeness (QED) is 0.505. The van der Waals surface area contributed by atoms with E-state index in [9.17, 15) is 0 Å². The lowest BCUT2D eigenvalue weighted by Gasteiger charge is -2.11. The molecule has 0 bridgehead atoms.